The fourth-order valence-corrected chi connectivity index (χ4v) is 2.28. The van der Waals surface area contributed by atoms with E-state index in [1.165, 1.54) is 18.2 Å². The van der Waals surface area contributed by atoms with Crippen LogP contribution < -0.4 is 0 Å². The van der Waals surface area contributed by atoms with E-state index in [1.54, 1.807) is 32.0 Å². The van der Waals surface area contributed by atoms with Gasteiger partial charge in [-0.1, -0.05) is 12.1 Å². The Balaban J connectivity index is 2.13. The summed E-state index contributed by atoms with van der Waals surface area (Å²) in [5.41, 5.74) is 1.61. The Kier molecular flexibility index (Phi) is 3.09. The molecule has 0 aliphatic heterocycles. The number of hydrogen-bond acceptors (Lipinski definition) is 2. The van der Waals surface area contributed by atoms with Crippen LogP contribution in [0.15, 0.2) is 40.8 Å². The quantitative estimate of drug-likeness (QED) is 0.646. The zero-order valence-electron chi connectivity index (χ0n) is 11.5. The summed E-state index contributed by atoms with van der Waals surface area (Å²) in [6.07, 6.45) is 0. The number of carbonyl (C=O) groups is 1. The third-order valence-electron chi connectivity index (χ3n) is 3.54. The zero-order valence-corrected chi connectivity index (χ0v) is 11.5. The van der Waals surface area contributed by atoms with Gasteiger partial charge >= 0.3 is 0 Å². The summed E-state index contributed by atoms with van der Waals surface area (Å²) in [5.74, 6) is -1.18. The second kappa shape index (κ2) is 4.81. The number of carbonyl (C=O) groups excluding carboxylic acids is 1. The van der Waals surface area contributed by atoms with Gasteiger partial charge in [-0.3, -0.25) is 4.79 Å². The molecule has 106 valence electrons. The van der Waals surface area contributed by atoms with Crippen LogP contribution in [0.25, 0.3) is 11.0 Å². The largest absolute Gasteiger partial charge is 0.452 e. The first-order chi connectivity index (χ1) is 9.97. The molecule has 0 aliphatic rings. The van der Waals surface area contributed by atoms with Crippen molar-refractivity contribution in [2.24, 2.45) is 0 Å². The van der Waals surface area contributed by atoms with Crippen molar-refractivity contribution in [3.8, 4) is 0 Å². The molecule has 0 N–H and O–H groups in total. The van der Waals surface area contributed by atoms with E-state index in [0.717, 1.165) is 0 Å². The van der Waals surface area contributed by atoms with Crippen LogP contribution in [-0.2, 0) is 0 Å². The highest BCUT2D eigenvalue weighted by atomic mass is 19.1. The second-order valence-electron chi connectivity index (χ2n) is 4.99. The molecular weight excluding hydrogens is 274 g/mol. The summed E-state index contributed by atoms with van der Waals surface area (Å²) in [6, 6.07) is 8.38. The number of ketones is 1. The third-order valence-corrected chi connectivity index (χ3v) is 3.54. The van der Waals surface area contributed by atoms with E-state index in [0.29, 0.717) is 22.1 Å². The van der Waals surface area contributed by atoms with Crippen molar-refractivity contribution in [3.05, 3.63) is 70.5 Å². The van der Waals surface area contributed by atoms with Gasteiger partial charge in [0.2, 0.25) is 5.78 Å². The fourth-order valence-electron chi connectivity index (χ4n) is 2.28. The second-order valence-corrected chi connectivity index (χ2v) is 4.99. The summed E-state index contributed by atoms with van der Waals surface area (Å²) in [6.45, 7) is 3.35. The fraction of sp³-hybridized carbons (Fsp3) is 0.118. The number of fused-ring (bicyclic) bond motifs is 1. The number of aryl methyl sites for hydroxylation is 2. The SMILES string of the molecule is Cc1ccc(C(=O)c2oc3cc(F)ccc3c2C)cc1F. The first-order valence-corrected chi connectivity index (χ1v) is 6.47. The van der Waals surface area contributed by atoms with Crippen LogP contribution >= 0.6 is 0 Å². The van der Waals surface area contributed by atoms with Crippen LogP contribution in [-0.4, -0.2) is 5.78 Å². The number of benzene rings is 2. The Morgan fingerprint density at radius 3 is 2.52 bits per heavy atom. The van der Waals surface area contributed by atoms with E-state index in [4.69, 9.17) is 4.42 Å². The van der Waals surface area contributed by atoms with Gasteiger partial charge in [-0.05, 0) is 37.6 Å². The summed E-state index contributed by atoms with van der Waals surface area (Å²) in [4.78, 5) is 12.4. The number of hydrogen-bond donors (Lipinski definition) is 0. The first-order valence-electron chi connectivity index (χ1n) is 6.47. The Morgan fingerprint density at radius 2 is 1.81 bits per heavy atom. The molecule has 0 saturated heterocycles. The van der Waals surface area contributed by atoms with Crippen LogP contribution in [0.2, 0.25) is 0 Å². The number of furan rings is 1. The third kappa shape index (κ3) is 2.23. The lowest BCUT2D eigenvalue weighted by molar-refractivity contribution is 0.101. The molecule has 0 atom stereocenters. The predicted octanol–water partition coefficient (Wildman–Crippen LogP) is 4.56. The molecule has 0 aliphatic carbocycles. The molecule has 2 nitrogen and oxygen atoms in total. The minimum atomic E-state index is -0.444. The van der Waals surface area contributed by atoms with Crippen molar-refractivity contribution in [1.29, 1.82) is 0 Å². The molecule has 21 heavy (non-hydrogen) atoms. The predicted molar refractivity (Wildman–Crippen MR) is 75.5 cm³/mol. The molecule has 0 spiro atoms. The molecule has 1 heterocycles. The van der Waals surface area contributed by atoms with Gasteiger partial charge in [-0.2, -0.15) is 0 Å². The lowest BCUT2D eigenvalue weighted by Crippen LogP contribution is -2.02. The van der Waals surface area contributed by atoms with Crippen molar-refractivity contribution in [3.63, 3.8) is 0 Å². The molecule has 3 rings (SSSR count). The normalized spacial score (nSPS) is 11.0. The molecule has 2 aromatic carbocycles. The zero-order chi connectivity index (χ0) is 15.1. The molecule has 0 radical (unpaired) electrons. The van der Waals surface area contributed by atoms with Crippen LogP contribution in [0.4, 0.5) is 8.78 Å². The van der Waals surface area contributed by atoms with Gasteiger partial charge in [0.15, 0.2) is 5.76 Å². The maximum absolute atomic E-state index is 13.6. The van der Waals surface area contributed by atoms with Crippen LogP contribution in [0.3, 0.4) is 0 Å². The van der Waals surface area contributed by atoms with Gasteiger partial charge in [0.1, 0.15) is 17.2 Å². The molecule has 0 unspecified atom stereocenters. The Morgan fingerprint density at radius 1 is 1.05 bits per heavy atom. The molecule has 0 fully saturated rings. The Labute approximate surface area is 120 Å². The summed E-state index contributed by atoms with van der Waals surface area (Å²) < 4.78 is 32.2. The van der Waals surface area contributed by atoms with Gasteiger partial charge in [0.25, 0.3) is 0 Å². The van der Waals surface area contributed by atoms with Crippen LogP contribution in [0, 0.1) is 25.5 Å². The maximum Gasteiger partial charge on any atom is 0.228 e. The molecule has 4 heteroatoms. The van der Waals surface area contributed by atoms with Gasteiger partial charge < -0.3 is 4.42 Å². The molecule has 0 saturated carbocycles. The number of rotatable bonds is 2. The molecular formula is C17H12F2O2. The van der Waals surface area contributed by atoms with Crippen LogP contribution in [0.5, 0.6) is 0 Å². The first kappa shape index (κ1) is 13.5. The summed E-state index contributed by atoms with van der Waals surface area (Å²) in [5, 5.41) is 0.673. The highest BCUT2D eigenvalue weighted by molar-refractivity contribution is 6.10. The molecule has 3 aromatic rings. The van der Waals surface area contributed by atoms with Gasteiger partial charge in [-0.15, -0.1) is 0 Å². The highest BCUT2D eigenvalue weighted by Gasteiger charge is 2.20. The van der Waals surface area contributed by atoms with Gasteiger partial charge in [0, 0.05) is 22.6 Å². The summed E-state index contributed by atoms with van der Waals surface area (Å²) >= 11 is 0. The van der Waals surface area contributed by atoms with E-state index < -0.39 is 17.4 Å². The monoisotopic (exact) mass is 286 g/mol. The molecule has 1 aromatic heterocycles. The Hall–Kier alpha value is -2.49. The number of halogens is 2. The van der Waals surface area contributed by atoms with Crippen molar-refractivity contribution >= 4 is 16.8 Å². The minimum Gasteiger partial charge on any atom is -0.452 e. The van der Waals surface area contributed by atoms with E-state index in [-0.39, 0.29) is 11.3 Å². The summed E-state index contributed by atoms with van der Waals surface area (Å²) in [7, 11) is 0. The average molecular weight is 286 g/mol. The topological polar surface area (TPSA) is 30.2 Å². The molecule has 0 bridgehead atoms. The average Bonchev–Trinajstić information content (AvgIpc) is 2.77. The van der Waals surface area contributed by atoms with Crippen molar-refractivity contribution in [2.45, 2.75) is 13.8 Å². The highest BCUT2D eigenvalue weighted by Crippen LogP contribution is 2.28. The standard InChI is InChI=1S/C17H12F2O2/c1-9-3-4-11(7-14(9)19)16(20)17-10(2)13-6-5-12(18)8-15(13)21-17/h3-8H,1-2H3. The lowest BCUT2D eigenvalue weighted by atomic mass is 10.0. The van der Waals surface area contributed by atoms with Gasteiger partial charge in [-0.25, -0.2) is 8.78 Å². The van der Waals surface area contributed by atoms with Crippen molar-refractivity contribution in [2.75, 3.05) is 0 Å². The minimum absolute atomic E-state index is 0.110. The smallest absolute Gasteiger partial charge is 0.228 e. The van der Waals surface area contributed by atoms with E-state index in [2.05, 4.69) is 0 Å². The van der Waals surface area contributed by atoms with E-state index in [9.17, 15) is 13.6 Å². The van der Waals surface area contributed by atoms with Crippen molar-refractivity contribution in [1.82, 2.24) is 0 Å². The van der Waals surface area contributed by atoms with E-state index in [1.807, 2.05) is 0 Å². The Bertz CT molecular complexity index is 863. The van der Waals surface area contributed by atoms with Crippen LogP contribution in [0.1, 0.15) is 27.2 Å². The van der Waals surface area contributed by atoms with Gasteiger partial charge in [0.05, 0.1) is 0 Å². The lowest BCUT2D eigenvalue weighted by Gasteiger charge is -2.01. The maximum atomic E-state index is 13.6. The van der Waals surface area contributed by atoms with Crippen molar-refractivity contribution < 1.29 is 18.0 Å². The van der Waals surface area contributed by atoms with E-state index >= 15 is 0 Å². The molecule has 0 amide bonds.